The molecular formula is C11H14N2O3. The number of carboxylic acids is 1. The lowest BCUT2D eigenvalue weighted by Crippen LogP contribution is -2.29. The van der Waals surface area contributed by atoms with Crippen LogP contribution in [0.3, 0.4) is 0 Å². The first kappa shape index (κ1) is 12.2. The van der Waals surface area contributed by atoms with Crippen molar-refractivity contribution < 1.29 is 14.7 Å². The van der Waals surface area contributed by atoms with Gasteiger partial charge in [-0.2, -0.15) is 0 Å². The molecule has 5 nitrogen and oxygen atoms in total. The largest absolute Gasteiger partial charge is 0.481 e. The van der Waals surface area contributed by atoms with E-state index in [2.05, 4.69) is 4.98 Å². The molecule has 1 amide bonds. The fourth-order valence-corrected chi connectivity index (χ4v) is 1.22. The average molecular weight is 222 g/mol. The smallest absolute Gasteiger partial charge is 0.305 e. The first-order valence-electron chi connectivity index (χ1n) is 4.91. The van der Waals surface area contributed by atoms with Gasteiger partial charge in [-0.1, -0.05) is 6.07 Å². The summed E-state index contributed by atoms with van der Waals surface area (Å²) in [4.78, 5) is 27.6. The van der Waals surface area contributed by atoms with Crippen LogP contribution in [0.25, 0.3) is 0 Å². The van der Waals surface area contributed by atoms with E-state index in [1.165, 1.54) is 4.90 Å². The Morgan fingerprint density at radius 2 is 2.12 bits per heavy atom. The highest BCUT2D eigenvalue weighted by Crippen LogP contribution is 2.02. The predicted octanol–water partition coefficient (Wildman–Crippen LogP) is 0.937. The molecule has 0 spiro atoms. The topological polar surface area (TPSA) is 70.5 Å². The third-order valence-electron chi connectivity index (χ3n) is 2.12. The second-order valence-electron chi connectivity index (χ2n) is 3.53. The molecule has 0 aliphatic heterocycles. The second-order valence-corrected chi connectivity index (χ2v) is 3.53. The predicted molar refractivity (Wildman–Crippen MR) is 58.2 cm³/mol. The van der Waals surface area contributed by atoms with Crippen LogP contribution >= 0.6 is 0 Å². The first-order chi connectivity index (χ1) is 7.50. The van der Waals surface area contributed by atoms with Crippen molar-refractivity contribution in [3.05, 3.63) is 29.6 Å². The molecule has 0 unspecified atom stereocenters. The molecule has 0 aliphatic carbocycles. The zero-order valence-electron chi connectivity index (χ0n) is 9.30. The fraction of sp³-hybridized carbons (Fsp3) is 0.364. The van der Waals surface area contributed by atoms with Crippen LogP contribution in [0.4, 0.5) is 0 Å². The van der Waals surface area contributed by atoms with Gasteiger partial charge < -0.3 is 10.0 Å². The summed E-state index contributed by atoms with van der Waals surface area (Å²) in [6.45, 7) is 1.98. The van der Waals surface area contributed by atoms with Crippen LogP contribution in [-0.4, -0.2) is 40.5 Å². The Morgan fingerprint density at radius 1 is 1.44 bits per heavy atom. The molecule has 0 radical (unpaired) electrons. The molecule has 0 saturated heterocycles. The highest BCUT2D eigenvalue weighted by molar-refractivity contribution is 5.92. The summed E-state index contributed by atoms with van der Waals surface area (Å²) in [7, 11) is 1.56. The number of aromatic nitrogens is 1. The maximum absolute atomic E-state index is 11.8. The summed E-state index contributed by atoms with van der Waals surface area (Å²) in [5.74, 6) is -1.18. The third-order valence-corrected chi connectivity index (χ3v) is 2.12. The van der Waals surface area contributed by atoms with Gasteiger partial charge in [0.25, 0.3) is 5.91 Å². The summed E-state index contributed by atoms with van der Waals surface area (Å²) in [5.41, 5.74) is 1.10. The van der Waals surface area contributed by atoms with Gasteiger partial charge in [0.05, 0.1) is 6.42 Å². The van der Waals surface area contributed by atoms with E-state index in [9.17, 15) is 9.59 Å². The number of pyridine rings is 1. The van der Waals surface area contributed by atoms with E-state index < -0.39 is 5.97 Å². The van der Waals surface area contributed by atoms with Crippen LogP contribution < -0.4 is 0 Å². The molecule has 0 fully saturated rings. The molecule has 0 aromatic carbocycles. The molecule has 0 aliphatic rings. The molecule has 0 saturated carbocycles. The lowest BCUT2D eigenvalue weighted by Gasteiger charge is -2.15. The van der Waals surface area contributed by atoms with Gasteiger partial charge in [-0.05, 0) is 19.1 Å². The van der Waals surface area contributed by atoms with Crippen LogP contribution in [0.15, 0.2) is 18.2 Å². The molecule has 1 aromatic heterocycles. The molecule has 1 N–H and O–H groups in total. The zero-order valence-corrected chi connectivity index (χ0v) is 9.30. The van der Waals surface area contributed by atoms with Gasteiger partial charge >= 0.3 is 5.97 Å². The van der Waals surface area contributed by atoms with Crippen LogP contribution in [0.2, 0.25) is 0 Å². The molecule has 0 bridgehead atoms. The Bertz CT molecular complexity index is 404. The molecule has 1 rings (SSSR count). The monoisotopic (exact) mass is 222 g/mol. The minimum absolute atomic E-state index is 0.0615. The molecule has 16 heavy (non-hydrogen) atoms. The number of hydrogen-bond donors (Lipinski definition) is 1. The molecule has 0 atom stereocenters. The van der Waals surface area contributed by atoms with Crippen LogP contribution in [0.5, 0.6) is 0 Å². The van der Waals surface area contributed by atoms with E-state index >= 15 is 0 Å². The Morgan fingerprint density at radius 3 is 2.69 bits per heavy atom. The summed E-state index contributed by atoms with van der Waals surface area (Å²) >= 11 is 0. The molecule has 1 heterocycles. The normalized spacial score (nSPS) is 9.88. The SMILES string of the molecule is Cc1cccc(C(=O)N(C)CCC(=O)O)n1. The number of carboxylic acid groups (broad SMARTS) is 1. The number of carbonyl (C=O) groups excluding carboxylic acids is 1. The summed E-state index contributed by atoms with van der Waals surface area (Å²) < 4.78 is 0. The van der Waals surface area contributed by atoms with Gasteiger partial charge in [0.2, 0.25) is 0 Å². The van der Waals surface area contributed by atoms with Gasteiger partial charge in [0.15, 0.2) is 0 Å². The maximum atomic E-state index is 11.8. The number of hydrogen-bond acceptors (Lipinski definition) is 3. The Hall–Kier alpha value is -1.91. The molecular weight excluding hydrogens is 208 g/mol. The van der Waals surface area contributed by atoms with E-state index in [0.717, 1.165) is 5.69 Å². The van der Waals surface area contributed by atoms with Crippen LogP contribution in [0, 0.1) is 6.92 Å². The Kier molecular flexibility index (Phi) is 3.99. The standard InChI is InChI=1S/C11H14N2O3/c1-8-4-3-5-9(12-8)11(16)13(2)7-6-10(14)15/h3-5H,6-7H2,1-2H3,(H,14,15). The van der Waals surface area contributed by atoms with E-state index in [0.29, 0.717) is 5.69 Å². The lowest BCUT2D eigenvalue weighted by atomic mass is 10.3. The molecule has 1 aromatic rings. The first-order valence-corrected chi connectivity index (χ1v) is 4.91. The van der Waals surface area contributed by atoms with Crippen molar-refractivity contribution in [2.45, 2.75) is 13.3 Å². The van der Waals surface area contributed by atoms with Crippen molar-refractivity contribution in [3.8, 4) is 0 Å². The Labute approximate surface area is 93.7 Å². The van der Waals surface area contributed by atoms with Crippen molar-refractivity contribution >= 4 is 11.9 Å². The number of nitrogens with zero attached hydrogens (tertiary/aromatic N) is 2. The third kappa shape index (κ3) is 3.34. The number of amides is 1. The molecule has 86 valence electrons. The Balaban J connectivity index is 2.67. The van der Waals surface area contributed by atoms with Gasteiger partial charge in [-0.3, -0.25) is 9.59 Å². The number of aliphatic carboxylic acids is 1. The summed E-state index contributed by atoms with van der Waals surface area (Å²) in [5, 5.41) is 8.51. The lowest BCUT2D eigenvalue weighted by molar-refractivity contribution is -0.137. The van der Waals surface area contributed by atoms with Crippen molar-refractivity contribution in [2.75, 3.05) is 13.6 Å². The van der Waals surface area contributed by atoms with Gasteiger partial charge in [-0.15, -0.1) is 0 Å². The quantitative estimate of drug-likeness (QED) is 0.822. The minimum Gasteiger partial charge on any atom is -0.481 e. The van der Waals surface area contributed by atoms with Crippen LogP contribution in [0.1, 0.15) is 22.6 Å². The van der Waals surface area contributed by atoms with E-state index in [1.807, 2.05) is 0 Å². The number of carbonyl (C=O) groups is 2. The van der Waals surface area contributed by atoms with E-state index in [1.54, 1.807) is 32.2 Å². The van der Waals surface area contributed by atoms with Gasteiger partial charge in [-0.25, -0.2) is 4.98 Å². The van der Waals surface area contributed by atoms with Crippen LogP contribution in [-0.2, 0) is 4.79 Å². The number of rotatable bonds is 4. The van der Waals surface area contributed by atoms with Crippen molar-refractivity contribution in [3.63, 3.8) is 0 Å². The van der Waals surface area contributed by atoms with E-state index in [-0.39, 0.29) is 18.9 Å². The highest BCUT2D eigenvalue weighted by atomic mass is 16.4. The highest BCUT2D eigenvalue weighted by Gasteiger charge is 2.13. The zero-order chi connectivity index (χ0) is 12.1. The fourth-order valence-electron chi connectivity index (χ4n) is 1.22. The van der Waals surface area contributed by atoms with Gasteiger partial charge in [0, 0.05) is 19.3 Å². The maximum Gasteiger partial charge on any atom is 0.305 e. The van der Waals surface area contributed by atoms with Crippen molar-refractivity contribution in [1.82, 2.24) is 9.88 Å². The minimum atomic E-state index is -0.920. The molecule has 5 heteroatoms. The summed E-state index contributed by atoms with van der Waals surface area (Å²) in [6.07, 6.45) is -0.0615. The summed E-state index contributed by atoms with van der Waals surface area (Å²) in [6, 6.07) is 5.17. The van der Waals surface area contributed by atoms with Crippen molar-refractivity contribution in [2.24, 2.45) is 0 Å². The van der Waals surface area contributed by atoms with Crippen molar-refractivity contribution in [1.29, 1.82) is 0 Å². The van der Waals surface area contributed by atoms with E-state index in [4.69, 9.17) is 5.11 Å². The second kappa shape index (κ2) is 5.25. The van der Waals surface area contributed by atoms with Gasteiger partial charge in [0.1, 0.15) is 5.69 Å². The number of aryl methyl sites for hydroxylation is 1. The average Bonchev–Trinajstić information content (AvgIpc) is 2.24.